The van der Waals surface area contributed by atoms with Gasteiger partial charge in [-0.1, -0.05) is 0 Å². The predicted octanol–water partition coefficient (Wildman–Crippen LogP) is 1.80. The summed E-state index contributed by atoms with van der Waals surface area (Å²) in [5, 5.41) is 0. The van der Waals surface area contributed by atoms with Crippen LogP contribution < -0.4 is 10.6 Å². The van der Waals surface area contributed by atoms with Gasteiger partial charge in [0.15, 0.2) is 0 Å². The number of hydrogen-bond donors (Lipinski definition) is 1. The van der Waals surface area contributed by atoms with Gasteiger partial charge in [0.2, 0.25) is 5.95 Å². The van der Waals surface area contributed by atoms with Crippen LogP contribution in [0.5, 0.6) is 0 Å². The van der Waals surface area contributed by atoms with Crippen LogP contribution in [0.4, 0.5) is 5.95 Å². The Labute approximate surface area is 103 Å². The molecule has 0 spiro atoms. The third-order valence-corrected chi connectivity index (χ3v) is 3.35. The van der Waals surface area contributed by atoms with Crippen LogP contribution in [0, 0.1) is 13.8 Å². The summed E-state index contributed by atoms with van der Waals surface area (Å²) in [5.41, 5.74) is 7.78. The van der Waals surface area contributed by atoms with E-state index in [0.717, 1.165) is 36.8 Å². The van der Waals surface area contributed by atoms with Gasteiger partial charge in [-0.25, -0.2) is 9.97 Å². The van der Waals surface area contributed by atoms with Gasteiger partial charge in [-0.05, 0) is 52.1 Å². The molecule has 1 aromatic heterocycles. The van der Waals surface area contributed by atoms with Crippen LogP contribution in [-0.2, 0) is 0 Å². The molecule has 0 aromatic carbocycles. The zero-order chi connectivity index (χ0) is 12.3. The van der Waals surface area contributed by atoms with Crippen LogP contribution in [0.3, 0.4) is 0 Å². The maximum Gasteiger partial charge on any atom is 0.226 e. The molecule has 1 fully saturated rings. The highest BCUT2D eigenvalue weighted by molar-refractivity contribution is 5.34. The minimum Gasteiger partial charge on any atom is -0.338 e. The van der Waals surface area contributed by atoms with E-state index in [4.69, 9.17) is 5.73 Å². The second kappa shape index (κ2) is 5.45. The summed E-state index contributed by atoms with van der Waals surface area (Å²) in [7, 11) is 0. The number of aryl methyl sites for hydroxylation is 2. The zero-order valence-electron chi connectivity index (χ0n) is 10.8. The van der Waals surface area contributed by atoms with Gasteiger partial charge in [-0.3, -0.25) is 0 Å². The van der Waals surface area contributed by atoms with E-state index in [1.54, 1.807) is 0 Å². The van der Waals surface area contributed by atoms with Crippen molar-refractivity contribution in [1.29, 1.82) is 0 Å². The second-order valence-electron chi connectivity index (χ2n) is 4.87. The molecule has 94 valence electrons. The van der Waals surface area contributed by atoms with Crippen molar-refractivity contribution in [3.05, 3.63) is 17.5 Å². The van der Waals surface area contributed by atoms with Crippen LogP contribution in [0.1, 0.15) is 37.1 Å². The van der Waals surface area contributed by atoms with Gasteiger partial charge in [0, 0.05) is 24.0 Å². The normalized spacial score (nSPS) is 20.6. The first-order valence-corrected chi connectivity index (χ1v) is 6.49. The molecule has 1 aliphatic heterocycles. The van der Waals surface area contributed by atoms with Crippen LogP contribution >= 0.6 is 0 Å². The van der Waals surface area contributed by atoms with Gasteiger partial charge in [0.25, 0.3) is 0 Å². The van der Waals surface area contributed by atoms with Crippen LogP contribution in [0.25, 0.3) is 0 Å². The number of rotatable bonds is 3. The molecular formula is C13H22N4. The first kappa shape index (κ1) is 12.3. The summed E-state index contributed by atoms with van der Waals surface area (Å²) in [6.45, 7) is 5.86. The fraction of sp³-hybridized carbons (Fsp3) is 0.692. The lowest BCUT2D eigenvalue weighted by atomic mass is 10.00. The van der Waals surface area contributed by atoms with E-state index in [1.807, 2.05) is 19.9 Å². The average molecular weight is 234 g/mol. The van der Waals surface area contributed by atoms with Crippen molar-refractivity contribution in [2.75, 3.05) is 18.0 Å². The van der Waals surface area contributed by atoms with E-state index < -0.39 is 0 Å². The van der Waals surface area contributed by atoms with Gasteiger partial charge in [0.1, 0.15) is 0 Å². The summed E-state index contributed by atoms with van der Waals surface area (Å²) in [5.74, 6) is 0.889. The van der Waals surface area contributed by atoms with E-state index in [0.29, 0.717) is 6.04 Å². The van der Waals surface area contributed by atoms with Crippen LogP contribution in [0.2, 0.25) is 0 Å². The smallest absolute Gasteiger partial charge is 0.226 e. The number of piperidine rings is 1. The molecule has 1 aliphatic rings. The van der Waals surface area contributed by atoms with E-state index in [1.165, 1.54) is 19.3 Å². The molecule has 0 aliphatic carbocycles. The Kier molecular flexibility index (Phi) is 3.94. The third kappa shape index (κ3) is 2.94. The summed E-state index contributed by atoms with van der Waals surface area (Å²) in [4.78, 5) is 11.5. The van der Waals surface area contributed by atoms with Crippen LogP contribution in [0.15, 0.2) is 6.07 Å². The molecule has 2 N–H and O–H groups in total. The van der Waals surface area contributed by atoms with Crippen molar-refractivity contribution in [3.8, 4) is 0 Å². The maximum atomic E-state index is 5.69. The van der Waals surface area contributed by atoms with Crippen LogP contribution in [-0.4, -0.2) is 29.1 Å². The van der Waals surface area contributed by atoms with Crippen molar-refractivity contribution in [1.82, 2.24) is 9.97 Å². The fourth-order valence-electron chi connectivity index (χ4n) is 2.59. The summed E-state index contributed by atoms with van der Waals surface area (Å²) >= 11 is 0. The quantitative estimate of drug-likeness (QED) is 0.866. The van der Waals surface area contributed by atoms with E-state index in [9.17, 15) is 0 Å². The molecule has 0 radical (unpaired) electrons. The largest absolute Gasteiger partial charge is 0.338 e. The average Bonchev–Trinajstić information content (AvgIpc) is 2.29. The number of nitrogens with two attached hydrogens (primary N) is 1. The van der Waals surface area contributed by atoms with Crippen molar-refractivity contribution >= 4 is 5.95 Å². The third-order valence-electron chi connectivity index (χ3n) is 3.35. The van der Waals surface area contributed by atoms with Gasteiger partial charge in [-0.2, -0.15) is 0 Å². The molecule has 1 saturated heterocycles. The van der Waals surface area contributed by atoms with Gasteiger partial charge < -0.3 is 10.6 Å². The highest BCUT2D eigenvalue weighted by atomic mass is 15.3. The number of aromatic nitrogens is 2. The molecule has 1 atom stereocenters. The Morgan fingerprint density at radius 2 is 2.00 bits per heavy atom. The van der Waals surface area contributed by atoms with Gasteiger partial charge in [-0.15, -0.1) is 0 Å². The molecule has 1 unspecified atom stereocenters. The molecule has 2 heterocycles. The van der Waals surface area contributed by atoms with Crippen molar-refractivity contribution < 1.29 is 0 Å². The fourth-order valence-corrected chi connectivity index (χ4v) is 2.59. The zero-order valence-corrected chi connectivity index (χ0v) is 10.8. The minimum atomic E-state index is 0.523. The Morgan fingerprint density at radius 3 is 2.65 bits per heavy atom. The first-order chi connectivity index (χ1) is 8.20. The monoisotopic (exact) mass is 234 g/mol. The SMILES string of the molecule is Cc1cc(C)nc(N2CCCCC2CCN)n1. The van der Waals surface area contributed by atoms with Crippen molar-refractivity contribution in [2.45, 2.75) is 45.6 Å². The van der Waals surface area contributed by atoms with Gasteiger partial charge in [0.05, 0.1) is 0 Å². The molecular weight excluding hydrogens is 212 g/mol. The standard InChI is InChI=1S/C13H22N4/c1-10-9-11(2)16-13(15-10)17-8-4-3-5-12(17)6-7-14/h9,12H,3-8,14H2,1-2H3. The second-order valence-corrected chi connectivity index (χ2v) is 4.87. The van der Waals surface area contributed by atoms with E-state index in [2.05, 4.69) is 14.9 Å². The van der Waals surface area contributed by atoms with E-state index >= 15 is 0 Å². The Morgan fingerprint density at radius 1 is 1.29 bits per heavy atom. The first-order valence-electron chi connectivity index (χ1n) is 6.49. The Balaban J connectivity index is 2.22. The topological polar surface area (TPSA) is 55.0 Å². The summed E-state index contributed by atoms with van der Waals surface area (Å²) < 4.78 is 0. The van der Waals surface area contributed by atoms with Gasteiger partial charge >= 0.3 is 0 Å². The summed E-state index contributed by atoms with van der Waals surface area (Å²) in [6, 6.07) is 2.54. The molecule has 1 aromatic rings. The molecule has 4 nitrogen and oxygen atoms in total. The number of hydrogen-bond acceptors (Lipinski definition) is 4. The maximum absolute atomic E-state index is 5.69. The number of anilines is 1. The Hall–Kier alpha value is -1.16. The molecule has 0 amide bonds. The lowest BCUT2D eigenvalue weighted by Gasteiger charge is -2.35. The highest BCUT2D eigenvalue weighted by Crippen LogP contribution is 2.23. The van der Waals surface area contributed by atoms with Crippen molar-refractivity contribution in [3.63, 3.8) is 0 Å². The van der Waals surface area contributed by atoms with Crippen molar-refractivity contribution in [2.24, 2.45) is 5.73 Å². The molecule has 2 rings (SSSR count). The predicted molar refractivity (Wildman–Crippen MR) is 70.2 cm³/mol. The molecule has 17 heavy (non-hydrogen) atoms. The molecule has 0 saturated carbocycles. The Bertz CT molecular complexity index is 355. The van der Waals surface area contributed by atoms with E-state index in [-0.39, 0.29) is 0 Å². The molecule has 4 heteroatoms. The summed E-state index contributed by atoms with van der Waals surface area (Å²) in [6.07, 6.45) is 4.79. The molecule has 0 bridgehead atoms. The minimum absolute atomic E-state index is 0.523. The lowest BCUT2D eigenvalue weighted by molar-refractivity contribution is 0.435. The lowest BCUT2D eigenvalue weighted by Crippen LogP contribution is -2.42. The number of nitrogens with zero attached hydrogens (tertiary/aromatic N) is 3. The highest BCUT2D eigenvalue weighted by Gasteiger charge is 2.24.